The summed E-state index contributed by atoms with van der Waals surface area (Å²) in [6.07, 6.45) is 3.32. The van der Waals surface area contributed by atoms with Crippen molar-refractivity contribution in [2.45, 2.75) is 43.5 Å². The number of rotatable bonds is 7. The predicted octanol–water partition coefficient (Wildman–Crippen LogP) is 4.36. The molecular formula is C21H26BrN3O3S. The number of hydrogen-bond donors (Lipinski definition) is 2. The molecule has 0 bridgehead atoms. The van der Waals surface area contributed by atoms with E-state index >= 15 is 0 Å². The van der Waals surface area contributed by atoms with Crippen LogP contribution in [-0.4, -0.2) is 28.0 Å². The van der Waals surface area contributed by atoms with E-state index in [1.807, 2.05) is 17.0 Å². The molecular weight excluding hydrogens is 454 g/mol. The van der Waals surface area contributed by atoms with Gasteiger partial charge in [-0.05, 0) is 54.9 Å². The number of amides is 2. The lowest BCUT2D eigenvalue weighted by molar-refractivity contribution is 0.246. The topological polar surface area (TPSA) is 78.5 Å². The minimum Gasteiger partial charge on any atom is -0.334 e. The number of sulfonamides is 1. The van der Waals surface area contributed by atoms with E-state index in [4.69, 9.17) is 0 Å². The number of nitrogens with zero attached hydrogens (tertiary/aromatic N) is 1. The highest BCUT2D eigenvalue weighted by atomic mass is 79.9. The third kappa shape index (κ3) is 4.99. The zero-order valence-corrected chi connectivity index (χ0v) is 19.0. The molecule has 3 rings (SSSR count). The standard InChI is InChI=1S/C21H26BrN3O3S/c1-3-4-5-16-14-25(20-11-8-17(22)12-19(16)20)21(26)24-13-15-6-9-18(10-7-15)29(27,28)23-2/h6-12,16,23H,3-5,13-14H2,1-2H3,(H,24,26). The maximum Gasteiger partial charge on any atom is 0.322 e. The molecule has 1 heterocycles. The van der Waals surface area contributed by atoms with Crippen LogP contribution in [0, 0.1) is 0 Å². The quantitative estimate of drug-likeness (QED) is 0.618. The first-order chi connectivity index (χ1) is 13.9. The molecule has 1 aliphatic rings. The van der Waals surface area contributed by atoms with Crippen molar-refractivity contribution in [3.05, 3.63) is 58.1 Å². The summed E-state index contributed by atoms with van der Waals surface area (Å²) in [7, 11) is -2.08. The molecule has 1 aliphatic heterocycles. The molecule has 1 atom stereocenters. The second kappa shape index (κ2) is 9.28. The third-order valence-corrected chi connectivity index (χ3v) is 7.14. The number of anilines is 1. The van der Waals surface area contributed by atoms with Crippen LogP contribution in [-0.2, 0) is 16.6 Å². The molecule has 0 aromatic heterocycles. The van der Waals surface area contributed by atoms with Crippen molar-refractivity contribution in [2.24, 2.45) is 0 Å². The molecule has 0 aliphatic carbocycles. The average Bonchev–Trinajstić information content (AvgIpc) is 3.08. The van der Waals surface area contributed by atoms with E-state index in [0.717, 1.165) is 35.0 Å². The minimum absolute atomic E-state index is 0.139. The largest absolute Gasteiger partial charge is 0.334 e. The number of benzene rings is 2. The predicted molar refractivity (Wildman–Crippen MR) is 119 cm³/mol. The molecule has 156 valence electrons. The second-order valence-corrected chi connectivity index (χ2v) is 9.97. The summed E-state index contributed by atoms with van der Waals surface area (Å²) in [5, 5.41) is 2.96. The van der Waals surface area contributed by atoms with Crippen molar-refractivity contribution in [1.82, 2.24) is 10.0 Å². The highest BCUT2D eigenvalue weighted by molar-refractivity contribution is 9.10. The fraction of sp³-hybridized carbons (Fsp3) is 0.381. The van der Waals surface area contributed by atoms with Gasteiger partial charge in [0.05, 0.1) is 4.90 Å². The highest BCUT2D eigenvalue weighted by Gasteiger charge is 2.32. The van der Waals surface area contributed by atoms with Gasteiger partial charge in [-0.15, -0.1) is 0 Å². The Morgan fingerprint density at radius 1 is 1.21 bits per heavy atom. The van der Waals surface area contributed by atoms with Crippen molar-refractivity contribution in [3.63, 3.8) is 0 Å². The Morgan fingerprint density at radius 3 is 2.59 bits per heavy atom. The molecule has 0 radical (unpaired) electrons. The van der Waals surface area contributed by atoms with Crippen LogP contribution in [0.5, 0.6) is 0 Å². The molecule has 1 unspecified atom stereocenters. The first-order valence-electron chi connectivity index (χ1n) is 9.73. The lowest BCUT2D eigenvalue weighted by Crippen LogP contribution is -2.39. The van der Waals surface area contributed by atoms with Crippen LogP contribution in [0.2, 0.25) is 0 Å². The van der Waals surface area contributed by atoms with Crippen LogP contribution in [0.15, 0.2) is 51.8 Å². The van der Waals surface area contributed by atoms with Crippen molar-refractivity contribution in [3.8, 4) is 0 Å². The molecule has 29 heavy (non-hydrogen) atoms. The first kappa shape index (κ1) is 21.8. The van der Waals surface area contributed by atoms with Crippen molar-refractivity contribution in [1.29, 1.82) is 0 Å². The molecule has 2 N–H and O–H groups in total. The van der Waals surface area contributed by atoms with Crippen molar-refractivity contribution < 1.29 is 13.2 Å². The maximum absolute atomic E-state index is 12.9. The smallest absolute Gasteiger partial charge is 0.322 e. The number of hydrogen-bond acceptors (Lipinski definition) is 3. The summed E-state index contributed by atoms with van der Waals surface area (Å²) in [5.74, 6) is 0.347. The van der Waals surface area contributed by atoms with Gasteiger partial charge in [-0.3, -0.25) is 4.90 Å². The van der Waals surface area contributed by atoms with E-state index in [0.29, 0.717) is 19.0 Å². The third-order valence-electron chi connectivity index (χ3n) is 5.22. The van der Waals surface area contributed by atoms with Crippen LogP contribution in [0.1, 0.15) is 43.2 Å². The zero-order chi connectivity index (χ0) is 21.0. The Labute approximate surface area is 180 Å². The van der Waals surface area contributed by atoms with Crippen LogP contribution >= 0.6 is 15.9 Å². The molecule has 8 heteroatoms. The second-order valence-electron chi connectivity index (χ2n) is 7.16. The zero-order valence-electron chi connectivity index (χ0n) is 16.6. The Hall–Kier alpha value is -1.90. The van der Waals surface area contributed by atoms with Crippen LogP contribution in [0.3, 0.4) is 0 Å². The van der Waals surface area contributed by atoms with Gasteiger partial charge in [-0.1, -0.05) is 47.8 Å². The monoisotopic (exact) mass is 479 g/mol. The minimum atomic E-state index is -3.46. The van der Waals surface area contributed by atoms with Gasteiger partial charge in [0.1, 0.15) is 0 Å². The molecule has 2 aromatic carbocycles. The summed E-state index contributed by atoms with van der Waals surface area (Å²) in [6, 6.07) is 12.4. The lowest BCUT2D eigenvalue weighted by atomic mass is 9.96. The SMILES string of the molecule is CCCCC1CN(C(=O)NCc2ccc(S(=O)(=O)NC)cc2)c2ccc(Br)cc21. The number of urea groups is 1. The van der Waals surface area contributed by atoms with Crippen molar-refractivity contribution >= 4 is 37.7 Å². The lowest BCUT2D eigenvalue weighted by Gasteiger charge is -2.19. The number of carbonyl (C=O) groups is 1. The van der Waals surface area contributed by atoms with Gasteiger partial charge in [-0.2, -0.15) is 0 Å². The Kier molecular flexibility index (Phi) is 6.97. The van der Waals surface area contributed by atoms with Crippen LogP contribution in [0.25, 0.3) is 0 Å². The van der Waals surface area contributed by atoms with Crippen molar-refractivity contribution in [2.75, 3.05) is 18.5 Å². The molecule has 2 aromatic rings. The molecule has 0 saturated carbocycles. The van der Waals surface area contributed by atoms with E-state index in [1.54, 1.807) is 12.1 Å². The Bertz CT molecular complexity index is 977. The Balaban J connectivity index is 1.68. The molecule has 6 nitrogen and oxygen atoms in total. The van der Waals surface area contributed by atoms with E-state index in [9.17, 15) is 13.2 Å². The number of unbranched alkanes of at least 4 members (excludes halogenated alkanes) is 1. The van der Waals surface area contributed by atoms with Crippen LogP contribution in [0.4, 0.5) is 10.5 Å². The number of carbonyl (C=O) groups excluding carboxylic acids is 1. The van der Waals surface area contributed by atoms with Gasteiger partial charge in [0, 0.05) is 29.2 Å². The maximum atomic E-state index is 12.9. The fourth-order valence-electron chi connectivity index (χ4n) is 3.58. The summed E-state index contributed by atoms with van der Waals surface area (Å²) >= 11 is 3.54. The van der Waals surface area contributed by atoms with E-state index < -0.39 is 10.0 Å². The molecule has 2 amide bonds. The number of fused-ring (bicyclic) bond motifs is 1. The van der Waals surface area contributed by atoms with Gasteiger partial charge in [-0.25, -0.2) is 17.9 Å². The number of halogens is 1. The van der Waals surface area contributed by atoms with E-state index in [2.05, 4.69) is 39.0 Å². The first-order valence-corrected chi connectivity index (χ1v) is 12.0. The summed E-state index contributed by atoms with van der Waals surface area (Å²) in [5.41, 5.74) is 3.01. The normalized spacial score (nSPS) is 16.0. The highest BCUT2D eigenvalue weighted by Crippen LogP contribution is 2.40. The van der Waals surface area contributed by atoms with Gasteiger partial charge in [0.15, 0.2) is 0 Å². The van der Waals surface area contributed by atoms with Crippen LogP contribution < -0.4 is 14.9 Å². The fourth-order valence-corrected chi connectivity index (χ4v) is 4.69. The molecule has 0 spiro atoms. The number of nitrogens with one attached hydrogen (secondary N) is 2. The molecule has 0 saturated heterocycles. The Morgan fingerprint density at radius 2 is 1.93 bits per heavy atom. The van der Waals surface area contributed by atoms with Gasteiger partial charge in [0.2, 0.25) is 10.0 Å². The summed E-state index contributed by atoms with van der Waals surface area (Å²) in [6.45, 7) is 3.19. The molecule has 0 fully saturated rings. The van der Waals surface area contributed by atoms with E-state index in [1.165, 1.54) is 24.7 Å². The average molecular weight is 480 g/mol. The van der Waals surface area contributed by atoms with Gasteiger partial charge >= 0.3 is 6.03 Å². The van der Waals surface area contributed by atoms with Gasteiger partial charge in [0.25, 0.3) is 0 Å². The van der Waals surface area contributed by atoms with Gasteiger partial charge < -0.3 is 5.32 Å². The van der Waals surface area contributed by atoms with E-state index in [-0.39, 0.29) is 10.9 Å². The summed E-state index contributed by atoms with van der Waals surface area (Å²) in [4.78, 5) is 14.9. The summed E-state index contributed by atoms with van der Waals surface area (Å²) < 4.78 is 26.9.